The highest BCUT2D eigenvalue weighted by atomic mass is 127. The molecule has 1 fully saturated rings. The molecule has 3 nitrogen and oxygen atoms in total. The first-order chi connectivity index (χ1) is 9.13. The van der Waals surface area contributed by atoms with E-state index in [0.29, 0.717) is 5.92 Å². The third-order valence-corrected chi connectivity index (χ3v) is 5.15. The van der Waals surface area contributed by atoms with E-state index in [-0.39, 0.29) is 18.3 Å². The van der Waals surface area contributed by atoms with Crippen molar-refractivity contribution < 1.29 is 4.79 Å². The number of hydrogen-bond acceptors (Lipinski definition) is 2. The zero-order valence-electron chi connectivity index (χ0n) is 12.0. The highest BCUT2D eigenvalue weighted by Crippen LogP contribution is 2.22. The summed E-state index contributed by atoms with van der Waals surface area (Å²) < 4.78 is 1.08. The summed E-state index contributed by atoms with van der Waals surface area (Å²) in [7, 11) is 1.98. The molecule has 1 unspecified atom stereocenters. The molecule has 0 spiro atoms. The number of rotatable bonds is 3. The number of likely N-dealkylation sites (tertiary alicyclic amines) is 1. The summed E-state index contributed by atoms with van der Waals surface area (Å²) >= 11 is 2.28. The quantitative estimate of drug-likeness (QED) is 0.780. The van der Waals surface area contributed by atoms with E-state index in [2.05, 4.69) is 40.9 Å². The van der Waals surface area contributed by atoms with Crippen LogP contribution in [0.25, 0.3) is 0 Å². The topological polar surface area (TPSA) is 32.3 Å². The van der Waals surface area contributed by atoms with Gasteiger partial charge in [-0.15, -0.1) is 12.4 Å². The van der Waals surface area contributed by atoms with Gasteiger partial charge in [-0.1, -0.05) is 12.1 Å². The lowest BCUT2D eigenvalue weighted by Gasteiger charge is -2.33. The van der Waals surface area contributed by atoms with Crippen molar-refractivity contribution in [3.05, 3.63) is 32.9 Å². The average molecular weight is 409 g/mol. The predicted molar refractivity (Wildman–Crippen MR) is 93.7 cm³/mol. The number of hydrogen-bond donors (Lipinski definition) is 1. The summed E-state index contributed by atoms with van der Waals surface area (Å²) in [6.07, 6.45) is 2.33. The van der Waals surface area contributed by atoms with Gasteiger partial charge in [-0.2, -0.15) is 0 Å². The van der Waals surface area contributed by atoms with Crippen LogP contribution in [0.3, 0.4) is 0 Å². The molecular weight excluding hydrogens is 387 g/mol. The molecule has 2 rings (SSSR count). The minimum atomic E-state index is 0. The maximum atomic E-state index is 12.6. The van der Waals surface area contributed by atoms with E-state index in [4.69, 9.17) is 0 Å². The first-order valence-electron chi connectivity index (χ1n) is 6.82. The summed E-state index contributed by atoms with van der Waals surface area (Å²) in [5.74, 6) is 0.777. The fraction of sp³-hybridized carbons (Fsp3) is 0.533. The van der Waals surface area contributed by atoms with Crippen molar-refractivity contribution in [3.63, 3.8) is 0 Å². The van der Waals surface area contributed by atoms with Crippen molar-refractivity contribution in [2.45, 2.75) is 19.8 Å². The van der Waals surface area contributed by atoms with E-state index in [9.17, 15) is 4.79 Å². The summed E-state index contributed by atoms with van der Waals surface area (Å²) in [6.45, 7) is 4.82. The Kier molecular flexibility index (Phi) is 7.26. The summed E-state index contributed by atoms with van der Waals surface area (Å²) in [5, 5.41) is 3.22. The largest absolute Gasteiger partial charge is 0.338 e. The van der Waals surface area contributed by atoms with E-state index >= 15 is 0 Å². The number of piperidine rings is 1. The number of aryl methyl sites for hydroxylation is 1. The lowest BCUT2D eigenvalue weighted by molar-refractivity contribution is 0.0673. The molecule has 1 heterocycles. The predicted octanol–water partition coefficient (Wildman–Crippen LogP) is 3.09. The fourth-order valence-corrected chi connectivity index (χ4v) is 3.28. The van der Waals surface area contributed by atoms with Crippen LogP contribution in [0, 0.1) is 16.4 Å². The summed E-state index contributed by atoms with van der Waals surface area (Å²) in [4.78, 5) is 14.6. The molecule has 1 saturated heterocycles. The Morgan fingerprint density at radius 3 is 2.95 bits per heavy atom. The Hall–Kier alpha value is -0.330. The van der Waals surface area contributed by atoms with Crippen LogP contribution in [0.4, 0.5) is 0 Å². The van der Waals surface area contributed by atoms with Crippen LogP contribution in [0.2, 0.25) is 0 Å². The molecule has 0 bridgehead atoms. The van der Waals surface area contributed by atoms with Crippen LogP contribution in [0.1, 0.15) is 28.8 Å². The molecule has 0 aromatic heterocycles. The number of nitrogens with zero attached hydrogens (tertiary/aromatic N) is 1. The Morgan fingerprint density at radius 1 is 1.50 bits per heavy atom. The molecule has 1 amide bonds. The number of halogens is 2. The molecule has 0 saturated carbocycles. The molecule has 1 aromatic carbocycles. The van der Waals surface area contributed by atoms with Gasteiger partial charge in [0, 0.05) is 16.7 Å². The van der Waals surface area contributed by atoms with Crippen molar-refractivity contribution >= 4 is 40.9 Å². The van der Waals surface area contributed by atoms with E-state index in [0.717, 1.165) is 35.2 Å². The molecule has 1 atom stereocenters. The first kappa shape index (κ1) is 17.7. The van der Waals surface area contributed by atoms with Crippen LogP contribution < -0.4 is 5.32 Å². The SMILES string of the molecule is CNCC1CCCN(C(=O)c2cccc(C)c2I)C1.Cl. The van der Waals surface area contributed by atoms with Crippen LogP contribution in [0.15, 0.2) is 18.2 Å². The zero-order valence-corrected chi connectivity index (χ0v) is 15.0. The maximum absolute atomic E-state index is 12.6. The summed E-state index contributed by atoms with van der Waals surface area (Å²) in [5.41, 5.74) is 2.03. The van der Waals surface area contributed by atoms with Gasteiger partial charge >= 0.3 is 0 Å². The molecule has 0 aliphatic carbocycles. The third-order valence-electron chi connectivity index (χ3n) is 3.72. The molecule has 20 heavy (non-hydrogen) atoms. The second kappa shape index (κ2) is 8.20. The Morgan fingerprint density at radius 2 is 2.25 bits per heavy atom. The molecule has 112 valence electrons. The number of amides is 1. The first-order valence-corrected chi connectivity index (χ1v) is 7.90. The lowest BCUT2D eigenvalue weighted by Crippen LogP contribution is -2.42. The van der Waals surface area contributed by atoms with Crippen molar-refractivity contribution in [1.82, 2.24) is 10.2 Å². The molecule has 1 N–H and O–H groups in total. The van der Waals surface area contributed by atoms with Gasteiger partial charge in [0.1, 0.15) is 0 Å². The van der Waals surface area contributed by atoms with Crippen LogP contribution >= 0.6 is 35.0 Å². The highest BCUT2D eigenvalue weighted by molar-refractivity contribution is 14.1. The molecule has 1 aliphatic rings. The van der Waals surface area contributed by atoms with Crippen LogP contribution in [-0.2, 0) is 0 Å². The number of carbonyl (C=O) groups excluding carboxylic acids is 1. The van der Waals surface area contributed by atoms with Crippen molar-refractivity contribution in [2.75, 3.05) is 26.7 Å². The Balaban J connectivity index is 0.00000200. The fourth-order valence-electron chi connectivity index (χ4n) is 2.69. The zero-order chi connectivity index (χ0) is 13.8. The van der Waals surface area contributed by atoms with Gasteiger partial charge in [0.25, 0.3) is 5.91 Å². The smallest absolute Gasteiger partial charge is 0.254 e. The summed E-state index contributed by atoms with van der Waals surface area (Å²) in [6, 6.07) is 5.97. The van der Waals surface area contributed by atoms with Gasteiger partial charge in [0.2, 0.25) is 0 Å². The second-order valence-corrected chi connectivity index (χ2v) is 6.33. The van der Waals surface area contributed by atoms with Gasteiger partial charge in [-0.05, 0) is 73.5 Å². The average Bonchev–Trinajstić information content (AvgIpc) is 2.42. The highest BCUT2D eigenvalue weighted by Gasteiger charge is 2.25. The minimum Gasteiger partial charge on any atom is -0.338 e. The molecule has 1 aromatic rings. The Bertz CT molecular complexity index is 465. The monoisotopic (exact) mass is 408 g/mol. The molecular formula is C15H22ClIN2O. The van der Waals surface area contributed by atoms with E-state index in [1.165, 1.54) is 12.0 Å². The third kappa shape index (κ3) is 4.09. The number of benzene rings is 1. The van der Waals surface area contributed by atoms with Crippen molar-refractivity contribution in [1.29, 1.82) is 0 Å². The normalized spacial score (nSPS) is 18.6. The maximum Gasteiger partial charge on any atom is 0.254 e. The van der Waals surface area contributed by atoms with Crippen molar-refractivity contribution in [2.24, 2.45) is 5.92 Å². The van der Waals surface area contributed by atoms with Crippen molar-refractivity contribution in [3.8, 4) is 0 Å². The van der Waals surface area contributed by atoms with Gasteiger partial charge in [-0.3, -0.25) is 4.79 Å². The van der Waals surface area contributed by atoms with Gasteiger partial charge in [0.05, 0.1) is 5.56 Å². The number of carbonyl (C=O) groups is 1. The van der Waals surface area contributed by atoms with Gasteiger partial charge < -0.3 is 10.2 Å². The molecule has 5 heteroatoms. The number of nitrogens with one attached hydrogen (secondary N) is 1. The van der Waals surface area contributed by atoms with E-state index < -0.39 is 0 Å². The van der Waals surface area contributed by atoms with Crippen LogP contribution in [-0.4, -0.2) is 37.5 Å². The van der Waals surface area contributed by atoms with Gasteiger partial charge in [-0.25, -0.2) is 0 Å². The lowest BCUT2D eigenvalue weighted by atomic mass is 9.97. The van der Waals surface area contributed by atoms with E-state index in [1.807, 2.05) is 24.1 Å². The Labute approximate surface area is 141 Å². The standard InChI is InChI=1S/C15H21IN2O.ClH/c1-11-5-3-7-13(14(11)16)15(19)18-8-4-6-12(10-18)9-17-2;/h3,5,7,12,17H,4,6,8-10H2,1-2H3;1H. The van der Waals surface area contributed by atoms with Crippen LogP contribution in [0.5, 0.6) is 0 Å². The second-order valence-electron chi connectivity index (χ2n) is 5.25. The molecule has 0 radical (unpaired) electrons. The van der Waals surface area contributed by atoms with E-state index in [1.54, 1.807) is 0 Å². The minimum absolute atomic E-state index is 0. The molecule has 1 aliphatic heterocycles. The van der Waals surface area contributed by atoms with Gasteiger partial charge in [0.15, 0.2) is 0 Å².